The number of ether oxygens (including phenoxy) is 2. The third kappa shape index (κ3) is 63.0. The molecule has 0 rings (SSSR count). The lowest BCUT2D eigenvalue weighted by Gasteiger charge is -2.19. The summed E-state index contributed by atoms with van der Waals surface area (Å²) in [6.45, 7) is 3.77. The molecule has 0 saturated carbocycles. The third-order valence-corrected chi connectivity index (χ3v) is 15.7. The minimum absolute atomic E-state index is 0.0543. The van der Waals surface area contributed by atoms with Crippen molar-refractivity contribution < 1.29 is 37.6 Å². The van der Waals surface area contributed by atoms with E-state index in [1.807, 2.05) is 0 Å². The Morgan fingerprint density at radius 1 is 0.390 bits per heavy atom. The zero-order valence-electron chi connectivity index (χ0n) is 50.7. The van der Waals surface area contributed by atoms with Crippen LogP contribution in [0.5, 0.6) is 0 Å². The van der Waals surface area contributed by atoms with E-state index in [0.29, 0.717) is 6.42 Å². The first-order valence-electron chi connectivity index (χ1n) is 33.1. The molecule has 0 aliphatic rings. The Balaban J connectivity index is 3.77. The zero-order valence-corrected chi connectivity index (χ0v) is 51.6. The summed E-state index contributed by atoms with van der Waals surface area (Å²) in [5, 5.41) is 0. The number of esters is 2. The number of rotatable bonds is 63. The van der Waals surface area contributed by atoms with Crippen molar-refractivity contribution in [1.29, 1.82) is 0 Å². The van der Waals surface area contributed by atoms with Crippen LogP contribution in [0.1, 0.15) is 335 Å². The summed E-state index contributed by atoms with van der Waals surface area (Å²) in [5.41, 5.74) is 5.39. The average Bonchev–Trinajstić information content (AvgIpc) is 3.42. The van der Waals surface area contributed by atoms with Crippen LogP contribution in [0.3, 0.4) is 0 Å². The smallest absolute Gasteiger partial charge is 0.462 e. The molecule has 0 bridgehead atoms. The molecular weight excluding hydrogens is 978 g/mol. The van der Waals surface area contributed by atoms with Crippen LogP contribution in [-0.4, -0.2) is 49.3 Å². The number of unbranched alkanes of at least 4 members (excludes halogenated alkanes) is 42. The topological polar surface area (TPSA) is 134 Å². The molecule has 2 atom stereocenters. The fourth-order valence-corrected chi connectivity index (χ4v) is 10.5. The van der Waals surface area contributed by atoms with Crippen molar-refractivity contribution in [2.24, 2.45) is 5.73 Å². The maximum Gasteiger partial charge on any atom is 0.472 e. The highest BCUT2D eigenvalue weighted by atomic mass is 31.2. The van der Waals surface area contributed by atoms with E-state index in [1.54, 1.807) is 0 Å². The number of allylic oxidation sites excluding steroid dienone is 8. The van der Waals surface area contributed by atoms with Crippen LogP contribution in [-0.2, 0) is 32.7 Å². The summed E-state index contributed by atoms with van der Waals surface area (Å²) >= 11 is 0. The molecule has 77 heavy (non-hydrogen) atoms. The van der Waals surface area contributed by atoms with E-state index in [2.05, 4.69) is 62.5 Å². The summed E-state index contributed by atoms with van der Waals surface area (Å²) in [7, 11) is -4.39. The molecule has 0 aliphatic heterocycles. The van der Waals surface area contributed by atoms with Gasteiger partial charge in [-0.05, 0) is 77.0 Å². The first-order chi connectivity index (χ1) is 37.8. The Hall–Kier alpha value is -2.03. The maximum absolute atomic E-state index is 12.7. The molecule has 0 saturated heterocycles. The lowest BCUT2D eigenvalue weighted by molar-refractivity contribution is -0.161. The Kier molecular flexibility index (Phi) is 61.5. The lowest BCUT2D eigenvalue weighted by Crippen LogP contribution is -2.29. The van der Waals surface area contributed by atoms with Gasteiger partial charge in [-0.15, -0.1) is 0 Å². The molecule has 10 heteroatoms. The number of carbonyl (C=O) groups is 2. The van der Waals surface area contributed by atoms with Gasteiger partial charge in [-0.2, -0.15) is 0 Å². The van der Waals surface area contributed by atoms with E-state index in [4.69, 9.17) is 24.3 Å². The molecule has 0 aromatic rings. The lowest BCUT2D eigenvalue weighted by atomic mass is 10.0. The fourth-order valence-electron chi connectivity index (χ4n) is 9.76. The molecule has 9 nitrogen and oxygen atoms in total. The summed E-state index contributed by atoms with van der Waals surface area (Å²) in [5.74, 6) is -0.817. The van der Waals surface area contributed by atoms with Gasteiger partial charge >= 0.3 is 19.8 Å². The van der Waals surface area contributed by atoms with Crippen molar-refractivity contribution in [3.63, 3.8) is 0 Å². The van der Waals surface area contributed by atoms with Crippen molar-refractivity contribution in [3.8, 4) is 0 Å². The van der Waals surface area contributed by atoms with Crippen molar-refractivity contribution >= 4 is 19.8 Å². The van der Waals surface area contributed by atoms with Crippen LogP contribution in [0, 0.1) is 0 Å². The van der Waals surface area contributed by atoms with Gasteiger partial charge in [0.15, 0.2) is 6.10 Å². The van der Waals surface area contributed by atoms with Gasteiger partial charge < -0.3 is 20.1 Å². The van der Waals surface area contributed by atoms with Crippen LogP contribution >= 0.6 is 7.82 Å². The van der Waals surface area contributed by atoms with Gasteiger partial charge in [0.2, 0.25) is 0 Å². The van der Waals surface area contributed by atoms with Crippen LogP contribution in [0.4, 0.5) is 0 Å². The van der Waals surface area contributed by atoms with Crippen LogP contribution < -0.4 is 5.73 Å². The monoisotopic (exact) mass is 1100 g/mol. The summed E-state index contributed by atoms with van der Waals surface area (Å²) < 4.78 is 33.1. The summed E-state index contributed by atoms with van der Waals surface area (Å²) in [4.78, 5) is 35.2. The molecule has 0 radical (unpaired) electrons. The Morgan fingerprint density at radius 3 is 1.01 bits per heavy atom. The van der Waals surface area contributed by atoms with Crippen molar-refractivity contribution in [2.45, 2.75) is 341 Å². The predicted molar refractivity (Wildman–Crippen MR) is 330 cm³/mol. The molecule has 0 aliphatic carbocycles. The minimum Gasteiger partial charge on any atom is -0.462 e. The minimum atomic E-state index is -4.39. The summed E-state index contributed by atoms with van der Waals surface area (Å²) in [6.07, 6.45) is 79.2. The number of phosphoric ester groups is 1. The molecule has 0 aromatic carbocycles. The van der Waals surface area contributed by atoms with Gasteiger partial charge in [0.05, 0.1) is 13.2 Å². The number of nitrogens with two attached hydrogens (primary N) is 1. The predicted octanol–water partition coefficient (Wildman–Crippen LogP) is 21.3. The standard InChI is InChI=1S/C67H126NO8P/c1-3-5-7-9-11-13-15-17-19-21-22-23-24-25-26-27-28-29-30-31-32-33-34-35-36-37-38-39-40-41-42-44-46-48-50-52-54-56-58-60-67(70)76-65(64-75-77(71,72)74-62-61-68)63-73-66(69)59-57-55-53-51-49-47-45-43-20-18-16-14-12-10-8-6-4-2/h15,17-18,20-22,24-25,65H,3-14,16,19,23,26-64,68H2,1-2H3,(H,71,72)/b17-15-,20-18-,22-21-,25-24-. The Morgan fingerprint density at radius 2 is 0.675 bits per heavy atom. The zero-order chi connectivity index (χ0) is 55.9. The van der Waals surface area contributed by atoms with Gasteiger partial charge in [-0.1, -0.05) is 294 Å². The van der Waals surface area contributed by atoms with E-state index >= 15 is 0 Å². The van der Waals surface area contributed by atoms with Crippen LogP contribution in [0.2, 0.25) is 0 Å². The number of hydrogen-bond donors (Lipinski definition) is 2. The largest absolute Gasteiger partial charge is 0.472 e. The summed E-state index contributed by atoms with van der Waals surface area (Å²) in [6, 6.07) is 0. The first-order valence-corrected chi connectivity index (χ1v) is 34.6. The molecule has 3 N–H and O–H groups in total. The molecule has 452 valence electrons. The van der Waals surface area contributed by atoms with Gasteiger partial charge in [-0.3, -0.25) is 18.6 Å². The quantitative estimate of drug-likeness (QED) is 0.0264. The highest BCUT2D eigenvalue weighted by molar-refractivity contribution is 7.47. The highest BCUT2D eigenvalue weighted by Crippen LogP contribution is 2.43. The van der Waals surface area contributed by atoms with Crippen molar-refractivity contribution in [2.75, 3.05) is 26.4 Å². The molecule has 2 unspecified atom stereocenters. The highest BCUT2D eigenvalue weighted by Gasteiger charge is 2.26. The molecule has 0 amide bonds. The SMILES string of the molecule is CCCCCCC/C=C\C/C=C\C/C=C\CCCCCCCCCCCCCCCCCCCCCCCCCCC(=O)OC(COC(=O)CCCCCCCCC/C=C\CCCCCCCC)COP(=O)(O)OCCN. The second-order valence-corrected chi connectivity index (χ2v) is 23.8. The number of carbonyl (C=O) groups excluding carboxylic acids is 2. The van der Waals surface area contributed by atoms with Gasteiger partial charge in [0.1, 0.15) is 6.61 Å². The maximum atomic E-state index is 12.7. The normalized spacial score (nSPS) is 13.2. The van der Waals surface area contributed by atoms with E-state index in [0.717, 1.165) is 57.8 Å². The van der Waals surface area contributed by atoms with Gasteiger partial charge in [-0.25, -0.2) is 4.57 Å². The number of hydrogen-bond acceptors (Lipinski definition) is 8. The van der Waals surface area contributed by atoms with Crippen molar-refractivity contribution in [3.05, 3.63) is 48.6 Å². The van der Waals surface area contributed by atoms with E-state index in [9.17, 15) is 19.0 Å². The fraction of sp³-hybridized carbons (Fsp3) is 0.851. The van der Waals surface area contributed by atoms with Gasteiger partial charge in [0.25, 0.3) is 0 Å². The molecule has 0 heterocycles. The first kappa shape index (κ1) is 75.0. The molecule has 0 fully saturated rings. The van der Waals surface area contributed by atoms with E-state index in [-0.39, 0.29) is 38.6 Å². The number of phosphoric acid groups is 1. The van der Waals surface area contributed by atoms with Crippen molar-refractivity contribution in [1.82, 2.24) is 0 Å². The Bertz CT molecular complexity index is 1400. The second kappa shape index (κ2) is 63.2. The molecule has 0 aromatic heterocycles. The molecular formula is C67H126NO8P. The third-order valence-electron chi connectivity index (χ3n) is 14.7. The second-order valence-electron chi connectivity index (χ2n) is 22.3. The van der Waals surface area contributed by atoms with Crippen LogP contribution in [0.15, 0.2) is 48.6 Å². The average molecular weight is 1100 g/mol. The van der Waals surface area contributed by atoms with E-state index in [1.165, 1.54) is 244 Å². The molecule has 0 spiro atoms. The van der Waals surface area contributed by atoms with Crippen LogP contribution in [0.25, 0.3) is 0 Å². The van der Waals surface area contributed by atoms with E-state index < -0.39 is 26.5 Å². The van der Waals surface area contributed by atoms with Gasteiger partial charge in [0, 0.05) is 19.4 Å². The Labute approximate surface area is 477 Å².